The van der Waals surface area contributed by atoms with Crippen LogP contribution < -0.4 is 24.4 Å². The van der Waals surface area contributed by atoms with Gasteiger partial charge in [-0.1, -0.05) is 123 Å². The summed E-state index contributed by atoms with van der Waals surface area (Å²) in [4.78, 5) is 31.4. The van der Waals surface area contributed by atoms with E-state index in [-0.39, 0.29) is 29.6 Å². The fourth-order valence-corrected chi connectivity index (χ4v) is 8.80. The third-order valence-corrected chi connectivity index (χ3v) is 13.6. The molecule has 11 nitrogen and oxygen atoms in total. The molecule has 9 aromatic carbocycles. The van der Waals surface area contributed by atoms with Crippen molar-refractivity contribution in [2.75, 3.05) is 42.5 Å². The van der Waals surface area contributed by atoms with Crippen molar-refractivity contribution in [3.63, 3.8) is 0 Å². The number of aliphatic hydroxyl groups excluding tert-OH is 1. The van der Waals surface area contributed by atoms with Crippen molar-refractivity contribution < 1.29 is 81.6 Å². The molecule has 0 unspecified atom stereocenters. The van der Waals surface area contributed by atoms with Gasteiger partial charge in [-0.15, -0.1) is 0 Å². The summed E-state index contributed by atoms with van der Waals surface area (Å²) >= 11 is 33.0. The largest absolute Gasteiger partial charge is 0.507 e. The van der Waals surface area contributed by atoms with Crippen molar-refractivity contribution in [3.8, 4) is 62.1 Å². The maximum atomic E-state index is 10.9. The Morgan fingerprint density at radius 3 is 1.21 bits per heavy atom. The van der Waals surface area contributed by atoms with Crippen molar-refractivity contribution in [1.29, 1.82) is 0 Å². The standard InChI is InChI=1S/C14H12BrClO.C14H13ClO2.C14H11ClO2.C8H7BrO2.C7H5BrO2.C6H6BClO2.2CH3F/c1-17-14-6-5-10(9-15)7-13(14)11-3-2-4-12(16)8-11;2*1-17-14-6-5-10(9-16)7-13(14)11-3-2-4-12(15)8-11;1-11-8-3-2-6(5-10)4-7(8)9;8-6-3-5(4-9)1-2-7(6)10;8-6-3-1-2-5(4-6)7(9)10;2*1-2/h2-8H,9H2,1H3;2-8,16H,9H2,1H3;2-9H,1H3;2-5H,1H3;1-4,10H;1-4,9-10H;2*1H3/i4*1D3;;;2*1D. The van der Waals surface area contributed by atoms with Gasteiger partial charge in [-0.05, 0) is 193 Å². The smallest absolute Gasteiger partial charge is 0.488 e. The molecule has 0 aliphatic carbocycles. The molecule has 0 spiro atoms. The van der Waals surface area contributed by atoms with E-state index in [1.54, 1.807) is 115 Å². The lowest BCUT2D eigenvalue weighted by atomic mass is 9.81. The van der Waals surface area contributed by atoms with Gasteiger partial charge in [0.15, 0.2) is 0 Å². The molecule has 0 bridgehead atoms. The number of halogens is 9. The zero-order chi connectivity index (χ0) is 75.6. The zero-order valence-corrected chi connectivity index (χ0v) is 52.4. The number of aromatic hydroxyl groups is 1. The van der Waals surface area contributed by atoms with Crippen LogP contribution in [0, 0.1) is 0 Å². The predicted molar refractivity (Wildman–Crippen MR) is 357 cm³/mol. The zero-order valence-electron chi connectivity index (χ0n) is 58.6. The average Bonchev–Trinajstić information content (AvgIpc) is 0.831. The molecule has 86 heavy (non-hydrogen) atoms. The number of phenolic OH excluding ortho intramolecular Hbond substituents is 1. The van der Waals surface area contributed by atoms with E-state index in [9.17, 15) is 28.3 Å². The molecule has 0 saturated carbocycles. The molecule has 0 heterocycles. The van der Waals surface area contributed by atoms with Crippen LogP contribution in [-0.2, 0) is 11.9 Å². The molecule has 4 N–H and O–H groups in total. The van der Waals surface area contributed by atoms with Crippen LogP contribution in [0.1, 0.15) is 61.4 Å². The van der Waals surface area contributed by atoms with Crippen molar-refractivity contribution in [2.24, 2.45) is 0 Å². The molecule has 452 valence electrons. The Bertz CT molecular complexity index is 3930. The first-order valence-corrected chi connectivity index (χ1v) is 28.1. The lowest BCUT2D eigenvalue weighted by Crippen LogP contribution is -2.29. The quantitative estimate of drug-likeness (QED) is 0.0492. The van der Waals surface area contributed by atoms with E-state index in [0.717, 1.165) is 23.0 Å². The predicted octanol–water partition coefficient (Wildman–Crippen LogP) is 17.7. The van der Waals surface area contributed by atoms with E-state index < -0.39 is 49.6 Å². The summed E-state index contributed by atoms with van der Waals surface area (Å²) in [5.74, 6) is 1.06. The Balaban J connectivity index is 0.000000409. The van der Waals surface area contributed by atoms with Crippen LogP contribution in [0.3, 0.4) is 0 Å². The number of phenols is 1. The van der Waals surface area contributed by atoms with E-state index in [4.69, 9.17) is 95.0 Å². The number of carbonyl (C=O) groups excluding carboxylic acids is 3. The summed E-state index contributed by atoms with van der Waals surface area (Å²) in [7, 11) is -13.5. The van der Waals surface area contributed by atoms with Crippen LogP contribution in [-0.4, -0.2) is 88.7 Å². The Morgan fingerprint density at radius 2 is 0.837 bits per heavy atom. The number of hydrogen-bond donors (Lipinski definition) is 4. The number of aliphatic hydroxyl groups is 1. The van der Waals surface area contributed by atoms with E-state index in [1.165, 1.54) is 48.5 Å². The third-order valence-electron chi connectivity index (χ3n) is 10.8. The summed E-state index contributed by atoms with van der Waals surface area (Å²) in [6.07, 6.45) is 2.08. The molecule has 0 radical (unpaired) electrons. The Kier molecular flexibility index (Phi) is 26.9. The molecule has 0 aromatic heterocycles. The van der Waals surface area contributed by atoms with Gasteiger partial charge >= 0.3 is 7.12 Å². The van der Waals surface area contributed by atoms with Gasteiger partial charge in [0.2, 0.25) is 0 Å². The lowest BCUT2D eigenvalue weighted by molar-refractivity contribution is 0.111. The van der Waals surface area contributed by atoms with Gasteiger partial charge in [-0.3, -0.25) is 23.2 Å². The number of benzene rings is 9. The summed E-state index contributed by atoms with van der Waals surface area (Å²) in [5, 5.41) is 38.3. The second-order valence-corrected chi connectivity index (χ2v) is 20.3. The highest BCUT2D eigenvalue weighted by molar-refractivity contribution is 9.11. The minimum absolute atomic E-state index is 0.137. The molecule has 0 saturated heterocycles. The third kappa shape index (κ3) is 25.8. The number of alkyl halides is 3. The van der Waals surface area contributed by atoms with Gasteiger partial charge in [0.25, 0.3) is 0 Å². The van der Waals surface area contributed by atoms with E-state index in [0.29, 0.717) is 103 Å². The number of ether oxygens (including phenoxy) is 4. The number of carbonyl (C=O) groups is 3. The molecular weight excluding hydrogens is 1390 g/mol. The molecule has 0 aliphatic heterocycles. The van der Waals surface area contributed by atoms with Crippen LogP contribution in [0.2, 0.25) is 20.1 Å². The van der Waals surface area contributed by atoms with E-state index in [1.807, 2.05) is 24.3 Å². The monoisotopic (exact) mass is 1460 g/mol. The van der Waals surface area contributed by atoms with Crippen LogP contribution in [0.5, 0.6) is 28.7 Å². The second kappa shape index (κ2) is 42.3. The highest BCUT2D eigenvalue weighted by Crippen LogP contribution is 2.35. The van der Waals surface area contributed by atoms with Crippen LogP contribution >= 0.6 is 94.2 Å². The Hall–Kier alpha value is -6.61. The number of hydrogen-bond acceptors (Lipinski definition) is 11. The second-order valence-electron chi connectivity index (χ2n) is 16.3. The summed E-state index contributed by atoms with van der Waals surface area (Å²) in [6, 6.07) is 51.3. The Morgan fingerprint density at radius 1 is 0.477 bits per heavy atom. The fraction of sp³-hybridized carbons (Fsp3) is 0.123. The minimum atomic E-state index is -2.56. The van der Waals surface area contributed by atoms with Crippen LogP contribution in [0.25, 0.3) is 33.4 Å². The molecule has 0 aliphatic rings. The normalized spacial score (nSPS) is 12.5. The van der Waals surface area contributed by atoms with Gasteiger partial charge in [-0.2, -0.15) is 0 Å². The minimum Gasteiger partial charge on any atom is -0.507 e. The van der Waals surface area contributed by atoms with Crippen molar-refractivity contribution in [2.45, 2.75) is 11.9 Å². The number of aldehydes is 3. The molecule has 9 aromatic rings. The molecule has 9 rings (SSSR count). The number of rotatable bonds is 13. The van der Waals surface area contributed by atoms with Gasteiger partial charge in [0.1, 0.15) is 47.6 Å². The highest BCUT2D eigenvalue weighted by atomic mass is 79.9. The summed E-state index contributed by atoms with van der Waals surface area (Å²) < 4.78 is 137. The van der Waals surface area contributed by atoms with Gasteiger partial charge in [-0.25, -0.2) is 0 Å². The van der Waals surface area contributed by atoms with Gasteiger partial charge in [0.05, 0.1) is 77.2 Å². The van der Waals surface area contributed by atoms with Crippen molar-refractivity contribution in [3.05, 3.63) is 245 Å². The van der Waals surface area contributed by atoms with Crippen LogP contribution in [0.15, 0.2) is 197 Å². The average molecular weight is 1460 g/mol. The topological polar surface area (TPSA) is 169 Å². The van der Waals surface area contributed by atoms with Gasteiger partial charge in [0, 0.05) is 58.8 Å². The summed E-state index contributed by atoms with van der Waals surface area (Å²) in [6.45, 7) is -0.137. The first-order valence-electron chi connectivity index (χ1n) is 31.3. The fourth-order valence-electron chi connectivity index (χ4n) is 6.81. The lowest BCUT2D eigenvalue weighted by Gasteiger charge is -2.10. The Labute approximate surface area is 565 Å². The molecule has 0 fully saturated rings. The summed E-state index contributed by atoms with van der Waals surface area (Å²) in [5.41, 5.74) is 7.55. The first kappa shape index (κ1) is 54.8. The van der Waals surface area contributed by atoms with E-state index in [2.05, 4.69) is 52.5 Å². The molecule has 0 amide bonds. The van der Waals surface area contributed by atoms with Gasteiger partial charge < -0.3 is 39.2 Å². The molecule has 21 heteroatoms. The first-order chi connectivity index (χ1) is 46.8. The molecule has 0 atom stereocenters. The highest BCUT2D eigenvalue weighted by Gasteiger charge is 2.12. The molecular formula is C65H60BBr3Cl4F2O11. The van der Waals surface area contributed by atoms with Crippen molar-refractivity contribution in [1.82, 2.24) is 0 Å². The van der Waals surface area contributed by atoms with E-state index >= 15 is 0 Å². The van der Waals surface area contributed by atoms with Crippen LogP contribution in [0.4, 0.5) is 8.78 Å². The SMILES string of the molecule is O=Cc1ccc(O)c(Br)c1.OB(O)c1cccc(Cl)c1.[2H]C([2H])([2H])Oc1ccc(C=O)cc1-c1cccc(Cl)c1.[2H]C([2H])([2H])Oc1ccc(C=O)cc1Br.[2H]C([2H])([2H])Oc1ccc(CBr)cc1-c1cccc(Cl)c1.[2H]C([2H])([2H])Oc1ccc(CO)cc1-c1cccc(Cl)c1.[2H]CF.[2H]CF. The maximum absolute atomic E-state index is 10.9. The number of methoxy groups -OCH3 is 4. The maximum Gasteiger partial charge on any atom is 0.488 e. The van der Waals surface area contributed by atoms with Crippen molar-refractivity contribution >= 4 is 126 Å².